The van der Waals surface area contributed by atoms with E-state index >= 15 is 0 Å². The van der Waals surface area contributed by atoms with Gasteiger partial charge in [0.25, 0.3) is 0 Å². The first-order valence-electron chi connectivity index (χ1n) is 4.23. The predicted molar refractivity (Wildman–Crippen MR) is 51.7 cm³/mol. The van der Waals surface area contributed by atoms with Gasteiger partial charge in [-0.25, -0.2) is 4.79 Å². The van der Waals surface area contributed by atoms with Gasteiger partial charge in [0.2, 0.25) is 0 Å². The van der Waals surface area contributed by atoms with Gasteiger partial charge in [0, 0.05) is 0 Å². The number of aliphatic carboxylic acids is 1. The SMILES string of the molecule is CC(C)[C@H](N)C(=O)O.CCOC(N)=O. The summed E-state index contributed by atoms with van der Waals surface area (Å²) in [4.78, 5) is 19.6. The normalized spacial score (nSPS) is 11.2. The average molecular weight is 206 g/mol. The quantitative estimate of drug-likeness (QED) is 0.608. The smallest absolute Gasteiger partial charge is 0.404 e. The molecule has 0 spiro atoms. The van der Waals surface area contributed by atoms with E-state index in [2.05, 4.69) is 10.5 Å². The van der Waals surface area contributed by atoms with Crippen molar-refractivity contribution in [2.45, 2.75) is 26.8 Å². The summed E-state index contributed by atoms with van der Waals surface area (Å²) in [5, 5.41) is 8.23. The molecular weight excluding hydrogens is 188 g/mol. The number of carbonyl (C=O) groups is 2. The Bertz CT molecular complexity index is 182. The molecule has 0 saturated heterocycles. The van der Waals surface area contributed by atoms with Crippen LogP contribution in [0.4, 0.5) is 4.79 Å². The van der Waals surface area contributed by atoms with Crippen LogP contribution in [0.1, 0.15) is 20.8 Å². The summed E-state index contributed by atoms with van der Waals surface area (Å²) in [6, 6.07) is -0.713. The average Bonchev–Trinajstić information content (AvgIpc) is 2.03. The van der Waals surface area contributed by atoms with E-state index in [1.165, 1.54) is 0 Å². The maximum Gasteiger partial charge on any atom is 0.404 e. The van der Waals surface area contributed by atoms with Crippen molar-refractivity contribution in [1.29, 1.82) is 0 Å². The summed E-state index contributed by atoms with van der Waals surface area (Å²) in [7, 11) is 0. The number of hydrogen-bond donors (Lipinski definition) is 3. The number of carbonyl (C=O) groups excluding carboxylic acids is 1. The van der Waals surface area contributed by atoms with Gasteiger partial charge in [-0.15, -0.1) is 0 Å². The molecule has 0 aromatic heterocycles. The fourth-order valence-electron chi connectivity index (χ4n) is 0.427. The highest BCUT2D eigenvalue weighted by Crippen LogP contribution is 1.96. The molecule has 0 unspecified atom stereocenters. The third-order valence-corrected chi connectivity index (χ3v) is 1.29. The maximum atomic E-state index is 10.0. The van der Waals surface area contributed by atoms with E-state index in [0.29, 0.717) is 6.61 Å². The molecule has 0 heterocycles. The molecule has 0 aliphatic carbocycles. The Labute approximate surface area is 83.2 Å². The first-order chi connectivity index (χ1) is 6.32. The van der Waals surface area contributed by atoms with Gasteiger partial charge >= 0.3 is 12.1 Å². The second-order valence-electron chi connectivity index (χ2n) is 2.86. The molecule has 0 aromatic rings. The molecule has 0 fully saturated rings. The van der Waals surface area contributed by atoms with E-state index < -0.39 is 18.1 Å². The van der Waals surface area contributed by atoms with E-state index in [-0.39, 0.29) is 5.92 Å². The standard InChI is InChI=1S/C5H11NO2.C3H7NO2/c1-3(2)4(6)5(7)8;1-2-6-3(4)5/h3-4H,6H2,1-2H3,(H,7,8);2H2,1H3,(H2,4,5)/t4-;/m0./s1. The Hall–Kier alpha value is -1.30. The monoisotopic (exact) mass is 206 g/mol. The van der Waals surface area contributed by atoms with E-state index in [0.717, 1.165) is 0 Å². The van der Waals surface area contributed by atoms with Gasteiger partial charge in [0.1, 0.15) is 6.04 Å². The maximum absolute atomic E-state index is 10.0. The van der Waals surface area contributed by atoms with Crippen molar-refractivity contribution in [2.75, 3.05) is 6.61 Å². The van der Waals surface area contributed by atoms with Crippen molar-refractivity contribution in [1.82, 2.24) is 0 Å². The van der Waals surface area contributed by atoms with Gasteiger partial charge in [0.05, 0.1) is 6.61 Å². The first-order valence-corrected chi connectivity index (χ1v) is 4.23. The highest BCUT2D eigenvalue weighted by molar-refractivity contribution is 5.73. The van der Waals surface area contributed by atoms with Crippen molar-refractivity contribution in [3.8, 4) is 0 Å². The second kappa shape index (κ2) is 8.31. The molecule has 1 atom stereocenters. The number of carboxylic acids is 1. The van der Waals surface area contributed by atoms with Crippen LogP contribution in [0.5, 0.6) is 0 Å². The van der Waals surface area contributed by atoms with Crippen LogP contribution >= 0.6 is 0 Å². The largest absolute Gasteiger partial charge is 0.480 e. The molecule has 0 aromatic carbocycles. The molecule has 6 heteroatoms. The van der Waals surface area contributed by atoms with Crippen molar-refractivity contribution in [3.63, 3.8) is 0 Å². The van der Waals surface area contributed by atoms with Crippen LogP contribution in [0.3, 0.4) is 0 Å². The molecule has 0 aliphatic heterocycles. The fraction of sp³-hybridized carbons (Fsp3) is 0.750. The molecule has 0 bridgehead atoms. The number of carboxylic acid groups (broad SMARTS) is 1. The third-order valence-electron chi connectivity index (χ3n) is 1.29. The summed E-state index contributed by atoms with van der Waals surface area (Å²) >= 11 is 0. The van der Waals surface area contributed by atoms with E-state index in [9.17, 15) is 9.59 Å². The first kappa shape index (κ1) is 15.2. The van der Waals surface area contributed by atoms with Crippen LogP contribution in [-0.2, 0) is 9.53 Å². The summed E-state index contributed by atoms with van der Waals surface area (Å²) in [5.74, 6) is -0.910. The van der Waals surface area contributed by atoms with Crippen LogP contribution in [0.2, 0.25) is 0 Å². The minimum atomic E-state index is -0.931. The summed E-state index contributed by atoms with van der Waals surface area (Å²) in [6.45, 7) is 5.61. The highest BCUT2D eigenvalue weighted by Gasteiger charge is 2.14. The number of nitrogens with two attached hydrogens (primary N) is 2. The minimum absolute atomic E-state index is 0.0208. The molecule has 14 heavy (non-hydrogen) atoms. The lowest BCUT2D eigenvalue weighted by molar-refractivity contribution is -0.139. The lowest BCUT2D eigenvalue weighted by Crippen LogP contribution is -2.34. The van der Waals surface area contributed by atoms with Crippen LogP contribution in [0.15, 0.2) is 0 Å². The van der Waals surface area contributed by atoms with Gasteiger partial charge in [-0.05, 0) is 12.8 Å². The molecule has 84 valence electrons. The molecule has 0 rings (SSSR count). The second-order valence-corrected chi connectivity index (χ2v) is 2.86. The van der Waals surface area contributed by atoms with Crippen LogP contribution in [0, 0.1) is 5.92 Å². The summed E-state index contributed by atoms with van der Waals surface area (Å²) in [5.41, 5.74) is 9.70. The molecule has 0 aliphatic rings. The minimum Gasteiger partial charge on any atom is -0.480 e. The fourth-order valence-corrected chi connectivity index (χ4v) is 0.427. The summed E-state index contributed by atoms with van der Waals surface area (Å²) in [6.07, 6.45) is -0.711. The van der Waals surface area contributed by atoms with Crippen molar-refractivity contribution in [3.05, 3.63) is 0 Å². The van der Waals surface area contributed by atoms with Crippen molar-refractivity contribution >= 4 is 12.1 Å². The zero-order valence-corrected chi connectivity index (χ0v) is 8.69. The Morgan fingerprint density at radius 3 is 1.86 bits per heavy atom. The van der Waals surface area contributed by atoms with Crippen LogP contribution in [-0.4, -0.2) is 29.8 Å². The van der Waals surface area contributed by atoms with Gasteiger partial charge in [-0.2, -0.15) is 0 Å². The number of ether oxygens (including phenoxy) is 1. The Morgan fingerprint density at radius 1 is 1.43 bits per heavy atom. The van der Waals surface area contributed by atoms with E-state index in [1.807, 2.05) is 0 Å². The van der Waals surface area contributed by atoms with E-state index in [4.69, 9.17) is 10.8 Å². The zero-order valence-electron chi connectivity index (χ0n) is 8.69. The molecular formula is C8H18N2O4. The lowest BCUT2D eigenvalue weighted by Gasteiger charge is -2.07. The van der Waals surface area contributed by atoms with E-state index in [1.54, 1.807) is 20.8 Å². The Kier molecular flexibility index (Phi) is 9.01. The van der Waals surface area contributed by atoms with Crippen LogP contribution < -0.4 is 11.5 Å². The number of primary amides is 1. The summed E-state index contributed by atoms with van der Waals surface area (Å²) < 4.78 is 4.18. The Morgan fingerprint density at radius 2 is 1.86 bits per heavy atom. The van der Waals surface area contributed by atoms with Crippen molar-refractivity contribution < 1.29 is 19.4 Å². The van der Waals surface area contributed by atoms with Gasteiger partial charge in [-0.1, -0.05) is 13.8 Å². The molecule has 0 radical (unpaired) electrons. The predicted octanol–water partition coefficient (Wildman–Crippen LogP) is 0.156. The van der Waals surface area contributed by atoms with Gasteiger partial charge in [0.15, 0.2) is 0 Å². The molecule has 0 saturated carbocycles. The third kappa shape index (κ3) is 10.7. The molecule has 6 nitrogen and oxygen atoms in total. The number of hydrogen-bond acceptors (Lipinski definition) is 4. The Balaban J connectivity index is 0. The molecule has 5 N–H and O–H groups in total. The number of rotatable bonds is 3. The van der Waals surface area contributed by atoms with Gasteiger partial charge in [-0.3, -0.25) is 4.79 Å². The lowest BCUT2D eigenvalue weighted by atomic mass is 10.1. The number of amides is 1. The zero-order chi connectivity index (χ0) is 11.7. The van der Waals surface area contributed by atoms with Crippen molar-refractivity contribution in [2.24, 2.45) is 17.4 Å². The van der Waals surface area contributed by atoms with Gasteiger partial charge < -0.3 is 21.3 Å². The topological polar surface area (TPSA) is 116 Å². The van der Waals surface area contributed by atoms with Crippen LogP contribution in [0.25, 0.3) is 0 Å². The molecule has 1 amide bonds. The highest BCUT2D eigenvalue weighted by atomic mass is 16.5.